The third-order valence-electron chi connectivity index (χ3n) is 2.52. The van der Waals surface area contributed by atoms with Crippen LogP contribution in [0.4, 0.5) is 8.78 Å². The Bertz CT molecular complexity index is 667. The number of carbonyl (C=O) groups is 1. The summed E-state index contributed by atoms with van der Waals surface area (Å²) in [5, 5.41) is 7.57. The molecule has 0 aliphatic rings. The van der Waals surface area contributed by atoms with E-state index in [4.69, 9.17) is 0 Å². The third kappa shape index (κ3) is 2.90. The number of ether oxygens (including phenoxy) is 2. The summed E-state index contributed by atoms with van der Waals surface area (Å²) in [6.45, 7) is -2.96. The zero-order chi connectivity index (χ0) is 14.7. The molecule has 0 aliphatic heterocycles. The second kappa shape index (κ2) is 5.64. The van der Waals surface area contributed by atoms with Crippen molar-refractivity contribution in [1.82, 2.24) is 15.0 Å². The first-order valence-electron chi connectivity index (χ1n) is 5.55. The van der Waals surface area contributed by atoms with Gasteiger partial charge in [0.25, 0.3) is 0 Å². The fraction of sp³-hybridized carbons (Fsp3) is 0.250. The highest BCUT2D eigenvalue weighted by Crippen LogP contribution is 2.27. The maximum Gasteiger partial charge on any atom is 0.387 e. The topological polar surface area (TPSA) is 66.2 Å². The molecule has 0 saturated heterocycles. The minimum Gasteiger partial charge on any atom is -0.466 e. The molecule has 0 fully saturated rings. The average Bonchev–Trinajstić information content (AvgIpc) is 2.77. The molecule has 0 saturated carbocycles. The van der Waals surface area contributed by atoms with E-state index in [0.29, 0.717) is 16.6 Å². The van der Waals surface area contributed by atoms with Crippen molar-refractivity contribution >= 4 is 23.1 Å². The van der Waals surface area contributed by atoms with Crippen molar-refractivity contribution < 1.29 is 23.0 Å². The van der Waals surface area contributed by atoms with Crippen LogP contribution in [0, 0.1) is 0 Å². The van der Waals surface area contributed by atoms with Gasteiger partial charge in [-0.15, -0.1) is 5.10 Å². The maximum atomic E-state index is 12.4. The number of halogens is 2. The number of alkyl halides is 2. The van der Waals surface area contributed by atoms with Gasteiger partial charge in [0.15, 0.2) is 5.75 Å². The first kappa shape index (κ1) is 13.9. The SMILES string of the molecule is COC(=O)/C=C/c1cc(OC(F)F)c2c(c1)nnn2C. The van der Waals surface area contributed by atoms with Crippen LogP contribution in [0.3, 0.4) is 0 Å². The minimum absolute atomic E-state index is 0.0606. The van der Waals surface area contributed by atoms with Gasteiger partial charge in [0.2, 0.25) is 0 Å². The first-order valence-corrected chi connectivity index (χ1v) is 5.55. The number of methoxy groups -OCH3 is 1. The Labute approximate surface area is 112 Å². The predicted molar refractivity (Wildman–Crippen MR) is 66.2 cm³/mol. The standard InChI is InChI=1S/C12H11F2N3O3/c1-17-11-8(15-16-17)5-7(3-4-10(18)19-2)6-9(11)20-12(13)14/h3-6,12H,1-2H3/b4-3+. The van der Waals surface area contributed by atoms with Crippen LogP contribution in [0.2, 0.25) is 0 Å². The molecular weight excluding hydrogens is 272 g/mol. The summed E-state index contributed by atoms with van der Waals surface area (Å²) in [5.41, 5.74) is 1.20. The van der Waals surface area contributed by atoms with E-state index in [-0.39, 0.29) is 5.75 Å². The fourth-order valence-corrected chi connectivity index (χ4v) is 1.69. The van der Waals surface area contributed by atoms with E-state index in [1.807, 2.05) is 0 Å². The van der Waals surface area contributed by atoms with E-state index in [9.17, 15) is 13.6 Å². The van der Waals surface area contributed by atoms with Gasteiger partial charge in [-0.05, 0) is 23.8 Å². The van der Waals surface area contributed by atoms with Gasteiger partial charge in [0.05, 0.1) is 7.11 Å². The summed E-state index contributed by atoms with van der Waals surface area (Å²) >= 11 is 0. The summed E-state index contributed by atoms with van der Waals surface area (Å²) < 4.78 is 35.1. The lowest BCUT2D eigenvalue weighted by molar-refractivity contribution is -0.134. The Balaban J connectivity index is 2.47. The van der Waals surface area contributed by atoms with Crippen molar-refractivity contribution in [2.24, 2.45) is 7.05 Å². The monoisotopic (exact) mass is 283 g/mol. The van der Waals surface area contributed by atoms with Gasteiger partial charge in [-0.2, -0.15) is 8.78 Å². The van der Waals surface area contributed by atoms with Crippen LogP contribution in [0.5, 0.6) is 5.75 Å². The first-order chi connectivity index (χ1) is 9.51. The molecule has 0 N–H and O–H groups in total. The molecule has 1 aromatic heterocycles. The van der Waals surface area contributed by atoms with Crippen LogP contribution in [0.15, 0.2) is 18.2 Å². The second-order valence-electron chi connectivity index (χ2n) is 3.83. The summed E-state index contributed by atoms with van der Waals surface area (Å²) in [5.74, 6) is -0.616. The van der Waals surface area contributed by atoms with Gasteiger partial charge in [-0.1, -0.05) is 5.21 Å². The number of hydrogen-bond donors (Lipinski definition) is 0. The molecule has 1 heterocycles. The number of carbonyl (C=O) groups excluding carboxylic acids is 1. The molecule has 0 amide bonds. The predicted octanol–water partition coefficient (Wildman–Crippen LogP) is 1.76. The molecule has 20 heavy (non-hydrogen) atoms. The molecule has 0 bridgehead atoms. The number of benzene rings is 1. The smallest absolute Gasteiger partial charge is 0.387 e. The largest absolute Gasteiger partial charge is 0.466 e. The lowest BCUT2D eigenvalue weighted by Crippen LogP contribution is -2.04. The second-order valence-corrected chi connectivity index (χ2v) is 3.83. The summed E-state index contributed by atoms with van der Waals surface area (Å²) in [6.07, 6.45) is 2.59. The highest BCUT2D eigenvalue weighted by atomic mass is 19.3. The molecule has 0 spiro atoms. The Morgan fingerprint density at radius 1 is 1.45 bits per heavy atom. The third-order valence-corrected chi connectivity index (χ3v) is 2.52. The van der Waals surface area contributed by atoms with Gasteiger partial charge in [0, 0.05) is 13.1 Å². The lowest BCUT2D eigenvalue weighted by atomic mass is 10.1. The minimum atomic E-state index is -2.96. The molecule has 2 rings (SSSR count). The van der Waals surface area contributed by atoms with E-state index < -0.39 is 12.6 Å². The molecular formula is C12H11F2N3O3. The Hall–Kier alpha value is -2.51. The number of nitrogens with zero attached hydrogens (tertiary/aromatic N) is 3. The van der Waals surface area contributed by atoms with Crippen molar-refractivity contribution in [2.45, 2.75) is 6.61 Å². The van der Waals surface area contributed by atoms with Crippen LogP contribution in [0.1, 0.15) is 5.56 Å². The van der Waals surface area contributed by atoms with Gasteiger partial charge in [-0.25, -0.2) is 9.48 Å². The Kier molecular flexibility index (Phi) is 3.92. The number of aryl methyl sites for hydroxylation is 1. The van der Waals surface area contributed by atoms with E-state index in [0.717, 1.165) is 0 Å². The van der Waals surface area contributed by atoms with Crippen molar-refractivity contribution in [3.63, 3.8) is 0 Å². The summed E-state index contributed by atoms with van der Waals surface area (Å²) in [7, 11) is 2.81. The molecule has 106 valence electrons. The fourth-order valence-electron chi connectivity index (χ4n) is 1.69. The van der Waals surface area contributed by atoms with Crippen molar-refractivity contribution in [3.8, 4) is 5.75 Å². The molecule has 8 heteroatoms. The van der Waals surface area contributed by atoms with Crippen molar-refractivity contribution in [1.29, 1.82) is 0 Å². The zero-order valence-corrected chi connectivity index (χ0v) is 10.7. The highest BCUT2D eigenvalue weighted by molar-refractivity contribution is 5.89. The Morgan fingerprint density at radius 2 is 2.20 bits per heavy atom. The lowest BCUT2D eigenvalue weighted by Gasteiger charge is -2.07. The van der Waals surface area contributed by atoms with E-state index in [1.165, 1.54) is 30.0 Å². The number of fused-ring (bicyclic) bond motifs is 1. The molecule has 2 aromatic rings. The maximum absolute atomic E-state index is 12.4. The van der Waals surface area contributed by atoms with Crippen LogP contribution in [-0.4, -0.2) is 34.7 Å². The average molecular weight is 283 g/mol. The molecule has 0 atom stereocenters. The van der Waals surface area contributed by atoms with Gasteiger partial charge >= 0.3 is 12.6 Å². The number of esters is 1. The van der Waals surface area contributed by atoms with E-state index >= 15 is 0 Å². The summed E-state index contributed by atoms with van der Waals surface area (Å²) in [4.78, 5) is 11.0. The molecule has 1 aromatic carbocycles. The quantitative estimate of drug-likeness (QED) is 0.632. The van der Waals surface area contributed by atoms with Crippen molar-refractivity contribution in [3.05, 3.63) is 23.8 Å². The number of rotatable bonds is 4. The number of hydrogen-bond acceptors (Lipinski definition) is 5. The van der Waals surface area contributed by atoms with Crippen LogP contribution in [-0.2, 0) is 16.6 Å². The van der Waals surface area contributed by atoms with E-state index in [1.54, 1.807) is 13.1 Å². The van der Waals surface area contributed by atoms with Gasteiger partial charge in [-0.3, -0.25) is 0 Å². The molecule has 0 aliphatic carbocycles. The van der Waals surface area contributed by atoms with E-state index in [2.05, 4.69) is 19.8 Å². The number of aromatic nitrogens is 3. The molecule has 0 unspecified atom stereocenters. The van der Waals surface area contributed by atoms with Crippen LogP contribution < -0.4 is 4.74 Å². The normalized spacial score (nSPS) is 11.4. The van der Waals surface area contributed by atoms with Gasteiger partial charge in [0.1, 0.15) is 11.0 Å². The van der Waals surface area contributed by atoms with Crippen LogP contribution >= 0.6 is 0 Å². The zero-order valence-electron chi connectivity index (χ0n) is 10.7. The summed E-state index contributed by atoms with van der Waals surface area (Å²) in [6, 6.07) is 2.97. The molecule has 0 radical (unpaired) electrons. The Morgan fingerprint density at radius 3 is 2.85 bits per heavy atom. The van der Waals surface area contributed by atoms with Gasteiger partial charge < -0.3 is 9.47 Å². The molecule has 6 nitrogen and oxygen atoms in total. The van der Waals surface area contributed by atoms with Crippen LogP contribution in [0.25, 0.3) is 17.1 Å². The van der Waals surface area contributed by atoms with Crippen molar-refractivity contribution in [2.75, 3.05) is 7.11 Å². The highest BCUT2D eigenvalue weighted by Gasteiger charge is 2.14.